The van der Waals surface area contributed by atoms with Crippen molar-refractivity contribution < 1.29 is 9.47 Å². The van der Waals surface area contributed by atoms with E-state index in [1.54, 1.807) is 0 Å². The monoisotopic (exact) mass is 154 g/mol. The Kier molecular flexibility index (Phi) is 6.81. The van der Waals surface area contributed by atoms with Crippen LogP contribution in [0.4, 0.5) is 0 Å². The van der Waals surface area contributed by atoms with Crippen molar-refractivity contribution in [3.05, 3.63) is 12.7 Å². The van der Waals surface area contributed by atoms with E-state index in [2.05, 4.69) is 18.4 Å². The minimum atomic E-state index is -0.400. The zero-order valence-electron chi connectivity index (χ0n) is 7.09. The lowest BCUT2D eigenvalue weighted by Gasteiger charge is -2.09. The van der Waals surface area contributed by atoms with Gasteiger partial charge in [0.25, 0.3) is 0 Å². The van der Waals surface area contributed by atoms with Crippen LogP contribution in [0.25, 0.3) is 0 Å². The minimum Gasteiger partial charge on any atom is -0.342 e. The minimum absolute atomic E-state index is 0.400. The van der Waals surface area contributed by atoms with E-state index in [9.17, 15) is 0 Å². The molecule has 0 aliphatic rings. The van der Waals surface area contributed by atoms with Crippen molar-refractivity contribution in [1.82, 2.24) is 0 Å². The molecule has 0 aliphatic heterocycles. The molecule has 0 bridgehead atoms. The molecule has 62 valence electrons. The van der Waals surface area contributed by atoms with Gasteiger partial charge in [0.15, 0.2) is 0 Å². The van der Waals surface area contributed by atoms with Crippen LogP contribution < -0.4 is 0 Å². The second kappa shape index (κ2) is 7.33. The van der Waals surface area contributed by atoms with Crippen LogP contribution in [0.3, 0.4) is 0 Å². The lowest BCUT2D eigenvalue weighted by molar-refractivity contribution is -0.0969. The highest BCUT2D eigenvalue weighted by atomic mass is 16.7. The van der Waals surface area contributed by atoms with Crippen LogP contribution in [0.5, 0.6) is 0 Å². The summed E-state index contributed by atoms with van der Waals surface area (Å²) in [5.41, 5.74) is 0. The van der Waals surface area contributed by atoms with Gasteiger partial charge in [-0.1, -0.05) is 12.5 Å². The van der Waals surface area contributed by atoms with Crippen LogP contribution in [-0.4, -0.2) is 19.5 Å². The Bertz CT molecular complexity index is 147. The molecule has 2 nitrogen and oxygen atoms in total. The predicted octanol–water partition coefficient (Wildman–Crippen LogP) is 1.57. The van der Waals surface area contributed by atoms with Crippen LogP contribution in [0.2, 0.25) is 0 Å². The van der Waals surface area contributed by atoms with Gasteiger partial charge in [0.05, 0.1) is 0 Å². The van der Waals surface area contributed by atoms with Gasteiger partial charge in [0, 0.05) is 13.2 Å². The second-order valence-corrected chi connectivity index (χ2v) is 1.74. The first-order chi connectivity index (χ1) is 5.35. The first-order valence-electron chi connectivity index (χ1n) is 3.70. The third-order valence-electron chi connectivity index (χ3n) is 0.939. The highest BCUT2D eigenvalue weighted by molar-refractivity contribution is 5.13. The Labute approximate surface area is 68.2 Å². The molecule has 11 heavy (non-hydrogen) atoms. The maximum Gasteiger partial charge on any atom is 0.222 e. The third kappa shape index (κ3) is 5.65. The summed E-state index contributed by atoms with van der Waals surface area (Å²) in [6.07, 6.45) is 1.12. The molecular weight excluding hydrogens is 140 g/mol. The molecular formula is C9H14O2. The van der Waals surface area contributed by atoms with Crippen molar-refractivity contribution in [2.24, 2.45) is 0 Å². The van der Waals surface area contributed by atoms with Crippen LogP contribution in [0.1, 0.15) is 13.8 Å². The van der Waals surface area contributed by atoms with E-state index >= 15 is 0 Å². The van der Waals surface area contributed by atoms with Crippen molar-refractivity contribution >= 4 is 0 Å². The van der Waals surface area contributed by atoms with E-state index in [4.69, 9.17) is 9.47 Å². The van der Waals surface area contributed by atoms with E-state index < -0.39 is 6.29 Å². The van der Waals surface area contributed by atoms with Crippen LogP contribution in [-0.2, 0) is 9.47 Å². The maximum absolute atomic E-state index is 5.14. The molecule has 0 saturated heterocycles. The van der Waals surface area contributed by atoms with Gasteiger partial charge in [-0.15, -0.1) is 0 Å². The molecule has 0 aromatic rings. The molecule has 0 rings (SSSR count). The number of hydrogen-bond donors (Lipinski definition) is 0. The van der Waals surface area contributed by atoms with Gasteiger partial charge in [0.2, 0.25) is 6.29 Å². The van der Waals surface area contributed by atoms with Crippen molar-refractivity contribution in [3.63, 3.8) is 0 Å². The fourth-order valence-corrected chi connectivity index (χ4v) is 0.561. The zero-order chi connectivity index (χ0) is 8.53. The standard InChI is InChI=1S/C9H14O2/c1-4-7-8-9(10-5-2)11-6-3/h4,9H,1,5-6H2,2-3H3. The van der Waals surface area contributed by atoms with E-state index in [0.29, 0.717) is 13.2 Å². The summed E-state index contributed by atoms with van der Waals surface area (Å²) in [6.45, 7) is 8.49. The predicted molar refractivity (Wildman–Crippen MR) is 45.0 cm³/mol. The molecule has 0 radical (unpaired) electrons. The molecule has 0 heterocycles. The van der Waals surface area contributed by atoms with Crippen molar-refractivity contribution in [1.29, 1.82) is 0 Å². The Balaban J connectivity index is 3.77. The van der Waals surface area contributed by atoms with E-state index in [1.807, 2.05) is 13.8 Å². The van der Waals surface area contributed by atoms with Crippen LogP contribution in [0.15, 0.2) is 12.7 Å². The molecule has 0 N–H and O–H groups in total. The second-order valence-electron chi connectivity index (χ2n) is 1.74. The summed E-state index contributed by atoms with van der Waals surface area (Å²) < 4.78 is 10.3. The first kappa shape index (κ1) is 10.2. The molecule has 0 atom stereocenters. The summed E-state index contributed by atoms with van der Waals surface area (Å²) in [4.78, 5) is 0. The van der Waals surface area contributed by atoms with E-state index in [0.717, 1.165) is 0 Å². The van der Waals surface area contributed by atoms with Gasteiger partial charge in [-0.05, 0) is 25.8 Å². The Morgan fingerprint density at radius 1 is 1.36 bits per heavy atom. The van der Waals surface area contributed by atoms with E-state index in [-0.39, 0.29) is 0 Å². The smallest absolute Gasteiger partial charge is 0.222 e. The largest absolute Gasteiger partial charge is 0.342 e. The number of allylic oxidation sites excluding steroid dienone is 1. The number of hydrogen-bond acceptors (Lipinski definition) is 2. The molecule has 0 amide bonds. The van der Waals surface area contributed by atoms with E-state index in [1.165, 1.54) is 6.08 Å². The van der Waals surface area contributed by atoms with Crippen LogP contribution >= 0.6 is 0 Å². The number of rotatable bonds is 4. The fraction of sp³-hybridized carbons (Fsp3) is 0.556. The van der Waals surface area contributed by atoms with Gasteiger partial charge in [-0.2, -0.15) is 0 Å². The normalized spacial score (nSPS) is 9.00. The molecule has 0 aliphatic carbocycles. The van der Waals surface area contributed by atoms with Crippen molar-refractivity contribution in [2.45, 2.75) is 20.1 Å². The third-order valence-corrected chi connectivity index (χ3v) is 0.939. The van der Waals surface area contributed by atoms with Crippen molar-refractivity contribution in [2.75, 3.05) is 13.2 Å². The molecule has 0 spiro atoms. The highest BCUT2D eigenvalue weighted by Crippen LogP contribution is 1.91. The summed E-state index contributed by atoms with van der Waals surface area (Å²) in [6, 6.07) is 0. The van der Waals surface area contributed by atoms with Gasteiger partial charge in [-0.25, -0.2) is 0 Å². The Hall–Kier alpha value is -0.780. The average Bonchev–Trinajstić information content (AvgIpc) is 2.01. The molecule has 2 heteroatoms. The molecule has 0 aromatic heterocycles. The molecule has 0 aromatic carbocycles. The quantitative estimate of drug-likeness (QED) is 0.452. The summed E-state index contributed by atoms with van der Waals surface area (Å²) in [5.74, 6) is 5.44. The zero-order valence-corrected chi connectivity index (χ0v) is 7.09. The summed E-state index contributed by atoms with van der Waals surface area (Å²) in [7, 11) is 0. The van der Waals surface area contributed by atoms with Gasteiger partial charge in [0.1, 0.15) is 0 Å². The van der Waals surface area contributed by atoms with Crippen molar-refractivity contribution in [3.8, 4) is 11.8 Å². The lowest BCUT2D eigenvalue weighted by atomic mass is 10.5. The average molecular weight is 154 g/mol. The Morgan fingerprint density at radius 2 is 1.91 bits per heavy atom. The summed E-state index contributed by atoms with van der Waals surface area (Å²) >= 11 is 0. The Morgan fingerprint density at radius 3 is 2.27 bits per heavy atom. The maximum atomic E-state index is 5.14. The van der Waals surface area contributed by atoms with Crippen LogP contribution in [0, 0.1) is 11.8 Å². The SMILES string of the molecule is C=CC#CC(OCC)OCC. The molecule has 0 fully saturated rings. The topological polar surface area (TPSA) is 18.5 Å². The first-order valence-corrected chi connectivity index (χ1v) is 3.70. The van der Waals surface area contributed by atoms with Gasteiger partial charge >= 0.3 is 0 Å². The highest BCUT2D eigenvalue weighted by Gasteiger charge is 2.00. The molecule has 0 unspecified atom stereocenters. The summed E-state index contributed by atoms with van der Waals surface area (Å²) in [5, 5.41) is 0. The fourth-order valence-electron chi connectivity index (χ4n) is 0.561. The van der Waals surface area contributed by atoms with Gasteiger partial charge < -0.3 is 9.47 Å². The number of ether oxygens (including phenoxy) is 2. The molecule has 0 saturated carbocycles. The van der Waals surface area contributed by atoms with Gasteiger partial charge in [-0.3, -0.25) is 0 Å². The lowest BCUT2D eigenvalue weighted by Crippen LogP contribution is -2.14.